The standard InChI is InChI=1S/C18H15F4N3O2S2/c1-10-9-28-15(24-10)17(27,18(20,21)22)7-14(26)25-16-23-8-13(29-16)6-11-2-4-12(19)5-3-11/h2-5,8-9,27H,6-7H2,1H3,(H,23,25,26). The molecule has 1 unspecified atom stereocenters. The van der Waals surface area contributed by atoms with Crippen molar-refractivity contribution in [2.24, 2.45) is 0 Å². The Morgan fingerprint density at radius 3 is 2.52 bits per heavy atom. The number of nitrogens with zero attached hydrogens (tertiary/aromatic N) is 2. The Balaban J connectivity index is 1.69. The molecule has 0 aliphatic rings. The van der Waals surface area contributed by atoms with Crippen LogP contribution in [0.1, 0.15) is 27.6 Å². The van der Waals surface area contributed by atoms with E-state index in [1.807, 2.05) is 0 Å². The van der Waals surface area contributed by atoms with E-state index >= 15 is 0 Å². The second-order valence-corrected chi connectivity index (χ2v) is 8.29. The van der Waals surface area contributed by atoms with Gasteiger partial charge >= 0.3 is 6.18 Å². The molecular weight excluding hydrogens is 430 g/mol. The molecule has 2 heterocycles. The van der Waals surface area contributed by atoms with E-state index in [2.05, 4.69) is 15.3 Å². The first-order valence-electron chi connectivity index (χ1n) is 8.27. The number of amides is 1. The van der Waals surface area contributed by atoms with Crippen molar-refractivity contribution in [3.05, 3.63) is 62.8 Å². The van der Waals surface area contributed by atoms with Gasteiger partial charge in [0.15, 0.2) is 5.13 Å². The molecule has 154 valence electrons. The first-order valence-corrected chi connectivity index (χ1v) is 9.97. The van der Waals surface area contributed by atoms with Crippen molar-refractivity contribution < 1.29 is 27.5 Å². The SMILES string of the molecule is Cc1csc(C(O)(CC(=O)Nc2ncc(Cc3ccc(F)cc3)s2)C(F)(F)F)n1. The van der Waals surface area contributed by atoms with E-state index in [9.17, 15) is 27.5 Å². The summed E-state index contributed by atoms with van der Waals surface area (Å²) in [5.41, 5.74) is -2.25. The predicted octanol–water partition coefficient (Wildman–Crippen LogP) is 4.42. The topological polar surface area (TPSA) is 75.1 Å². The van der Waals surface area contributed by atoms with Crippen LogP contribution in [0.15, 0.2) is 35.8 Å². The van der Waals surface area contributed by atoms with Gasteiger partial charge in [0.25, 0.3) is 0 Å². The fraction of sp³-hybridized carbons (Fsp3) is 0.278. The molecule has 0 saturated heterocycles. The lowest BCUT2D eigenvalue weighted by Gasteiger charge is -2.27. The van der Waals surface area contributed by atoms with Crippen LogP contribution in [0.3, 0.4) is 0 Å². The molecule has 5 nitrogen and oxygen atoms in total. The van der Waals surface area contributed by atoms with Crippen molar-refractivity contribution in [2.75, 3.05) is 5.32 Å². The maximum absolute atomic E-state index is 13.5. The lowest BCUT2D eigenvalue weighted by molar-refractivity contribution is -0.266. The van der Waals surface area contributed by atoms with Crippen LogP contribution in [-0.4, -0.2) is 27.2 Å². The maximum Gasteiger partial charge on any atom is 0.424 e. The Kier molecular flexibility index (Phi) is 6.01. The van der Waals surface area contributed by atoms with Crippen molar-refractivity contribution in [3.63, 3.8) is 0 Å². The van der Waals surface area contributed by atoms with Crippen molar-refractivity contribution in [2.45, 2.75) is 31.5 Å². The zero-order valence-corrected chi connectivity index (χ0v) is 16.6. The average molecular weight is 445 g/mol. The highest BCUT2D eigenvalue weighted by Gasteiger charge is 2.58. The third kappa shape index (κ3) is 4.98. The number of carbonyl (C=O) groups is 1. The quantitative estimate of drug-likeness (QED) is 0.551. The number of benzene rings is 1. The van der Waals surface area contributed by atoms with E-state index in [1.165, 1.54) is 30.6 Å². The molecule has 1 atom stereocenters. The number of aryl methyl sites for hydroxylation is 1. The maximum atomic E-state index is 13.5. The lowest BCUT2D eigenvalue weighted by Crippen LogP contribution is -2.45. The summed E-state index contributed by atoms with van der Waals surface area (Å²) in [6, 6.07) is 5.84. The first-order chi connectivity index (χ1) is 13.6. The van der Waals surface area contributed by atoms with Crippen LogP contribution in [0.2, 0.25) is 0 Å². The van der Waals surface area contributed by atoms with Crippen LogP contribution in [0.4, 0.5) is 22.7 Å². The molecule has 2 N–H and O–H groups in total. The van der Waals surface area contributed by atoms with Gasteiger partial charge in [-0.25, -0.2) is 14.4 Å². The number of carbonyl (C=O) groups excluding carboxylic acids is 1. The lowest BCUT2D eigenvalue weighted by atomic mass is 9.99. The highest BCUT2D eigenvalue weighted by atomic mass is 32.1. The van der Waals surface area contributed by atoms with Crippen LogP contribution >= 0.6 is 22.7 Å². The van der Waals surface area contributed by atoms with Gasteiger partial charge in [-0.3, -0.25) is 4.79 Å². The van der Waals surface area contributed by atoms with Crippen molar-refractivity contribution in [1.29, 1.82) is 0 Å². The van der Waals surface area contributed by atoms with Gasteiger partial charge in [-0.1, -0.05) is 12.1 Å². The highest BCUT2D eigenvalue weighted by Crippen LogP contribution is 2.43. The molecule has 29 heavy (non-hydrogen) atoms. The van der Waals surface area contributed by atoms with Crippen LogP contribution in [0, 0.1) is 12.7 Å². The number of nitrogens with one attached hydrogen (secondary N) is 1. The number of thiazole rings is 2. The summed E-state index contributed by atoms with van der Waals surface area (Å²) < 4.78 is 53.4. The molecule has 0 aliphatic carbocycles. The summed E-state index contributed by atoms with van der Waals surface area (Å²) in [6.07, 6.45) is -4.41. The van der Waals surface area contributed by atoms with Crippen LogP contribution in [0.5, 0.6) is 0 Å². The van der Waals surface area contributed by atoms with Gasteiger partial charge in [-0.2, -0.15) is 13.2 Å². The molecule has 0 spiro atoms. The fourth-order valence-electron chi connectivity index (χ4n) is 2.49. The molecular formula is C18H15F4N3O2S2. The monoisotopic (exact) mass is 445 g/mol. The summed E-state index contributed by atoms with van der Waals surface area (Å²) >= 11 is 1.72. The van der Waals surface area contributed by atoms with E-state index in [-0.39, 0.29) is 10.9 Å². The number of anilines is 1. The summed E-state index contributed by atoms with van der Waals surface area (Å²) in [5, 5.41) is 13.4. The Bertz CT molecular complexity index is 1000. The Labute approximate surface area is 171 Å². The Morgan fingerprint density at radius 2 is 1.93 bits per heavy atom. The number of hydrogen-bond acceptors (Lipinski definition) is 6. The van der Waals surface area contributed by atoms with E-state index in [0.717, 1.165) is 21.8 Å². The molecule has 0 saturated carbocycles. The molecule has 0 radical (unpaired) electrons. The van der Waals surface area contributed by atoms with Gasteiger partial charge in [-0.05, 0) is 24.6 Å². The zero-order chi connectivity index (χ0) is 21.2. The van der Waals surface area contributed by atoms with Gasteiger partial charge in [0.2, 0.25) is 11.5 Å². The normalized spacial score (nSPS) is 13.9. The summed E-state index contributed by atoms with van der Waals surface area (Å²) in [5.74, 6) is -1.40. The van der Waals surface area contributed by atoms with E-state index < -0.39 is 29.1 Å². The Hall–Kier alpha value is -2.37. The first kappa shape index (κ1) is 21.3. The van der Waals surface area contributed by atoms with Gasteiger partial charge in [0.05, 0.1) is 6.42 Å². The van der Waals surface area contributed by atoms with Crippen molar-refractivity contribution in [3.8, 4) is 0 Å². The van der Waals surface area contributed by atoms with Crippen molar-refractivity contribution in [1.82, 2.24) is 9.97 Å². The summed E-state index contributed by atoms with van der Waals surface area (Å²) in [4.78, 5) is 20.6. The smallest absolute Gasteiger partial charge is 0.374 e. The molecule has 1 aromatic carbocycles. The second-order valence-electron chi connectivity index (χ2n) is 6.31. The molecule has 0 bridgehead atoms. The highest BCUT2D eigenvalue weighted by molar-refractivity contribution is 7.15. The van der Waals surface area contributed by atoms with Gasteiger partial charge < -0.3 is 10.4 Å². The van der Waals surface area contributed by atoms with Gasteiger partial charge in [-0.15, -0.1) is 22.7 Å². The molecule has 3 rings (SSSR count). The van der Waals surface area contributed by atoms with Crippen LogP contribution < -0.4 is 5.32 Å². The van der Waals surface area contributed by atoms with E-state index in [1.54, 1.807) is 12.1 Å². The Morgan fingerprint density at radius 1 is 1.24 bits per heavy atom. The number of aromatic nitrogens is 2. The largest absolute Gasteiger partial charge is 0.424 e. The van der Waals surface area contributed by atoms with Crippen LogP contribution in [0.25, 0.3) is 0 Å². The molecule has 1 amide bonds. The summed E-state index contributed by atoms with van der Waals surface area (Å²) in [6.45, 7) is 1.50. The van der Waals surface area contributed by atoms with Crippen LogP contribution in [-0.2, 0) is 16.8 Å². The van der Waals surface area contributed by atoms with Crippen molar-refractivity contribution >= 4 is 33.7 Å². The molecule has 3 aromatic rings. The minimum atomic E-state index is -5.08. The molecule has 0 aliphatic heterocycles. The van der Waals surface area contributed by atoms with Gasteiger partial charge in [0, 0.05) is 28.6 Å². The van der Waals surface area contributed by atoms with Gasteiger partial charge in [0.1, 0.15) is 10.8 Å². The molecule has 2 aromatic heterocycles. The number of alkyl halides is 3. The van der Waals surface area contributed by atoms with E-state index in [0.29, 0.717) is 23.5 Å². The number of halogens is 4. The predicted molar refractivity (Wildman–Crippen MR) is 101 cm³/mol. The third-order valence-electron chi connectivity index (χ3n) is 3.95. The average Bonchev–Trinajstić information content (AvgIpc) is 3.25. The minimum absolute atomic E-state index is 0.104. The molecule has 0 fully saturated rings. The fourth-order valence-corrected chi connectivity index (χ4v) is 4.26. The van der Waals surface area contributed by atoms with E-state index in [4.69, 9.17) is 0 Å². The minimum Gasteiger partial charge on any atom is -0.374 e. The third-order valence-corrected chi connectivity index (χ3v) is 5.97. The number of rotatable bonds is 6. The number of hydrogen-bond donors (Lipinski definition) is 2. The number of aliphatic hydroxyl groups is 1. The second kappa shape index (κ2) is 8.17. The molecule has 11 heteroatoms. The zero-order valence-electron chi connectivity index (χ0n) is 15.0. The summed E-state index contributed by atoms with van der Waals surface area (Å²) in [7, 11) is 0.